The first-order chi connectivity index (χ1) is 17.0. The Bertz CT molecular complexity index is 1340. The van der Waals surface area contributed by atoms with Crippen LogP contribution in [-0.4, -0.2) is 38.6 Å². The van der Waals surface area contributed by atoms with E-state index in [9.17, 15) is 4.39 Å². The molecule has 0 bridgehead atoms. The molecule has 1 saturated carbocycles. The summed E-state index contributed by atoms with van der Waals surface area (Å²) in [6, 6.07) is 19.3. The topological polar surface area (TPSA) is 43.2 Å². The van der Waals surface area contributed by atoms with Crippen LogP contribution in [0.3, 0.4) is 0 Å². The number of nitrogens with zero attached hydrogens (tertiary/aromatic N) is 4. The van der Waals surface area contributed by atoms with Gasteiger partial charge in [0.15, 0.2) is 0 Å². The van der Waals surface area contributed by atoms with Crippen molar-refractivity contribution in [1.29, 1.82) is 0 Å². The minimum absolute atomic E-state index is 0.00247. The van der Waals surface area contributed by atoms with E-state index in [1.54, 1.807) is 12.3 Å². The lowest BCUT2D eigenvalue weighted by Gasteiger charge is -2.39. The molecule has 1 aliphatic heterocycles. The number of fused-ring (bicyclic) bond motifs is 2. The number of rotatable bonds is 5. The zero-order valence-electron chi connectivity index (χ0n) is 19.6. The van der Waals surface area contributed by atoms with Crippen molar-refractivity contribution < 1.29 is 9.13 Å². The van der Waals surface area contributed by atoms with Gasteiger partial charge >= 0.3 is 0 Å². The third-order valence-electron chi connectivity index (χ3n) is 7.56. The quantitative estimate of drug-likeness (QED) is 0.341. The molecule has 2 aliphatic rings. The number of aromatic nitrogens is 3. The van der Waals surface area contributed by atoms with Gasteiger partial charge in [0.1, 0.15) is 17.7 Å². The fourth-order valence-corrected chi connectivity index (χ4v) is 6.27. The molecule has 1 saturated heterocycles. The van der Waals surface area contributed by atoms with Crippen molar-refractivity contribution in [1.82, 2.24) is 19.4 Å². The van der Waals surface area contributed by atoms with Gasteiger partial charge in [-0.15, -0.1) is 0 Å². The normalized spacial score (nSPS) is 24.5. The van der Waals surface area contributed by atoms with Gasteiger partial charge in [-0.1, -0.05) is 35.9 Å². The minimum Gasteiger partial charge on any atom is -0.472 e. The van der Waals surface area contributed by atoms with E-state index in [4.69, 9.17) is 21.3 Å². The molecule has 180 valence electrons. The molecule has 4 atom stereocenters. The Kier molecular flexibility index (Phi) is 5.94. The maximum absolute atomic E-state index is 13.6. The summed E-state index contributed by atoms with van der Waals surface area (Å²) in [5.74, 6) is 2.40. The highest BCUT2D eigenvalue weighted by Gasteiger charge is 2.44. The molecular weight excluding hydrogens is 463 g/mol. The van der Waals surface area contributed by atoms with E-state index in [0.29, 0.717) is 17.7 Å². The molecule has 0 radical (unpaired) electrons. The lowest BCUT2D eigenvalue weighted by Crippen LogP contribution is -2.40. The maximum Gasteiger partial charge on any atom is 0.213 e. The Morgan fingerprint density at radius 3 is 2.63 bits per heavy atom. The molecule has 7 heteroatoms. The van der Waals surface area contributed by atoms with Crippen LogP contribution in [-0.2, 0) is 6.54 Å². The first-order valence-corrected chi connectivity index (χ1v) is 12.6. The molecule has 35 heavy (non-hydrogen) atoms. The third-order valence-corrected chi connectivity index (χ3v) is 7.85. The average molecular weight is 491 g/mol. The highest BCUT2D eigenvalue weighted by Crippen LogP contribution is 2.44. The van der Waals surface area contributed by atoms with Gasteiger partial charge in [0.25, 0.3) is 0 Å². The first-order valence-electron chi connectivity index (χ1n) is 12.2. The second-order valence-electron chi connectivity index (χ2n) is 9.84. The molecule has 4 aromatic rings. The van der Waals surface area contributed by atoms with Crippen LogP contribution in [0.2, 0.25) is 5.02 Å². The van der Waals surface area contributed by atoms with Crippen molar-refractivity contribution in [3.05, 3.63) is 89.1 Å². The summed E-state index contributed by atoms with van der Waals surface area (Å²) in [4.78, 5) is 11.8. The first kappa shape index (κ1) is 22.5. The Balaban J connectivity index is 1.28. The standard InChI is InChI=1S/C28H28ClFN4O/c1-18-32-24-6-2-3-7-25(24)34(18)26-13-20-16-33(15-19-9-10-23(30)22(29)12-19)17-21(20)14-27(26)35-28-8-4-5-11-31-28/h2-12,20-21,26-27H,13-17H2,1H3/t20-,21+,26-,27-/m0/s1. The van der Waals surface area contributed by atoms with Crippen LogP contribution in [0.25, 0.3) is 11.0 Å². The number of aryl methyl sites for hydroxylation is 1. The number of likely N-dealkylation sites (tertiary alicyclic amines) is 1. The lowest BCUT2D eigenvalue weighted by molar-refractivity contribution is 0.0522. The van der Waals surface area contributed by atoms with Crippen molar-refractivity contribution in [2.45, 2.75) is 38.5 Å². The summed E-state index contributed by atoms with van der Waals surface area (Å²) in [6.45, 7) is 4.87. The third kappa shape index (κ3) is 4.41. The van der Waals surface area contributed by atoms with E-state index < -0.39 is 0 Å². The number of halogens is 2. The summed E-state index contributed by atoms with van der Waals surface area (Å²) in [7, 11) is 0. The van der Waals surface area contributed by atoms with Crippen molar-refractivity contribution in [2.24, 2.45) is 11.8 Å². The van der Waals surface area contributed by atoms with Crippen LogP contribution >= 0.6 is 11.6 Å². The fourth-order valence-electron chi connectivity index (χ4n) is 6.07. The zero-order chi connectivity index (χ0) is 23.9. The lowest BCUT2D eigenvalue weighted by atomic mass is 9.77. The molecule has 6 rings (SSSR count). The van der Waals surface area contributed by atoms with Gasteiger partial charge in [0, 0.05) is 31.9 Å². The Labute approximate surface area is 209 Å². The van der Waals surface area contributed by atoms with Crippen molar-refractivity contribution in [2.75, 3.05) is 13.1 Å². The number of benzene rings is 2. The molecule has 2 aromatic carbocycles. The zero-order valence-corrected chi connectivity index (χ0v) is 20.4. The van der Waals surface area contributed by atoms with Gasteiger partial charge < -0.3 is 9.30 Å². The van der Waals surface area contributed by atoms with Gasteiger partial charge in [0.05, 0.1) is 22.1 Å². The summed E-state index contributed by atoms with van der Waals surface area (Å²) in [5, 5.41) is 0.186. The predicted octanol–water partition coefficient (Wildman–Crippen LogP) is 6.06. The number of imidazole rings is 1. The number of hydrogen-bond donors (Lipinski definition) is 0. The second-order valence-corrected chi connectivity index (χ2v) is 10.3. The molecule has 0 unspecified atom stereocenters. The summed E-state index contributed by atoms with van der Waals surface area (Å²) >= 11 is 6.03. The number of ether oxygens (including phenoxy) is 1. The van der Waals surface area contributed by atoms with E-state index in [2.05, 4.69) is 39.6 Å². The molecule has 0 N–H and O–H groups in total. The summed E-state index contributed by atoms with van der Waals surface area (Å²) in [6.07, 6.45) is 3.75. The van der Waals surface area contributed by atoms with E-state index in [0.717, 1.165) is 54.9 Å². The van der Waals surface area contributed by atoms with Gasteiger partial charge in [-0.25, -0.2) is 14.4 Å². The Morgan fingerprint density at radius 2 is 1.83 bits per heavy atom. The van der Waals surface area contributed by atoms with Crippen LogP contribution in [0.5, 0.6) is 5.88 Å². The Hall–Kier alpha value is -2.96. The maximum atomic E-state index is 13.6. The summed E-state index contributed by atoms with van der Waals surface area (Å²) in [5.41, 5.74) is 3.22. The number of pyridine rings is 1. The minimum atomic E-state index is -0.370. The predicted molar refractivity (Wildman–Crippen MR) is 135 cm³/mol. The van der Waals surface area contributed by atoms with Gasteiger partial charge in [-0.3, -0.25) is 4.90 Å². The van der Waals surface area contributed by atoms with E-state index in [-0.39, 0.29) is 23.0 Å². The molecule has 2 aromatic heterocycles. The largest absolute Gasteiger partial charge is 0.472 e. The van der Waals surface area contributed by atoms with E-state index in [1.807, 2.05) is 30.3 Å². The fraction of sp³-hybridized carbons (Fsp3) is 0.357. The molecule has 0 amide bonds. The highest BCUT2D eigenvalue weighted by atomic mass is 35.5. The van der Waals surface area contributed by atoms with Crippen LogP contribution in [0, 0.1) is 24.6 Å². The molecule has 3 heterocycles. The molecule has 0 spiro atoms. The number of para-hydroxylation sites is 2. The van der Waals surface area contributed by atoms with Crippen molar-refractivity contribution >= 4 is 22.6 Å². The summed E-state index contributed by atoms with van der Waals surface area (Å²) < 4.78 is 22.6. The van der Waals surface area contributed by atoms with Gasteiger partial charge in [-0.2, -0.15) is 0 Å². The SMILES string of the molecule is Cc1nc2ccccc2n1[C@H]1C[C@H]2CN(Cc3ccc(F)c(Cl)c3)C[C@H]2C[C@@H]1Oc1ccccn1. The monoisotopic (exact) mass is 490 g/mol. The van der Waals surface area contributed by atoms with E-state index in [1.165, 1.54) is 6.07 Å². The van der Waals surface area contributed by atoms with Crippen LogP contribution in [0.1, 0.15) is 30.3 Å². The van der Waals surface area contributed by atoms with Crippen LogP contribution in [0.4, 0.5) is 4.39 Å². The van der Waals surface area contributed by atoms with Gasteiger partial charge in [0.2, 0.25) is 5.88 Å². The Morgan fingerprint density at radius 1 is 1.03 bits per heavy atom. The molecule has 2 fully saturated rings. The van der Waals surface area contributed by atoms with E-state index >= 15 is 0 Å². The average Bonchev–Trinajstić information content (AvgIpc) is 3.40. The highest BCUT2D eigenvalue weighted by molar-refractivity contribution is 6.30. The second kappa shape index (κ2) is 9.25. The van der Waals surface area contributed by atoms with Crippen molar-refractivity contribution in [3.8, 4) is 5.88 Å². The van der Waals surface area contributed by atoms with Crippen molar-refractivity contribution in [3.63, 3.8) is 0 Å². The molecule has 5 nitrogen and oxygen atoms in total. The van der Waals surface area contributed by atoms with Gasteiger partial charge in [-0.05, 0) is 67.5 Å². The van der Waals surface area contributed by atoms with Crippen LogP contribution < -0.4 is 4.74 Å². The number of hydrogen-bond acceptors (Lipinski definition) is 4. The smallest absolute Gasteiger partial charge is 0.213 e. The molecule has 1 aliphatic carbocycles. The van der Waals surface area contributed by atoms with Crippen LogP contribution in [0.15, 0.2) is 66.9 Å². The molecular formula is C28H28ClFN4O.